The smallest absolute Gasteiger partial charge is 0.247 e. The zero-order valence-electron chi connectivity index (χ0n) is 12.7. The summed E-state index contributed by atoms with van der Waals surface area (Å²) in [7, 11) is 0. The topological polar surface area (TPSA) is 12.4 Å². The molecule has 0 saturated heterocycles. The number of hydrogen-bond acceptors (Lipinski definition) is 1. The van der Waals surface area contributed by atoms with Crippen molar-refractivity contribution < 1.29 is 13.2 Å². The molecule has 0 unspecified atom stereocenters. The first kappa shape index (κ1) is 16.0. The van der Waals surface area contributed by atoms with Crippen molar-refractivity contribution in [3.05, 3.63) is 102 Å². The predicted molar refractivity (Wildman–Crippen MR) is 89.6 cm³/mol. The molecule has 120 valence electrons. The fraction of sp³-hybridized carbons (Fsp3) is 0.0500. The van der Waals surface area contributed by atoms with Crippen LogP contribution in [0.2, 0.25) is 0 Å². The number of benzene rings is 3. The molecule has 3 aromatic carbocycles. The molecule has 0 heterocycles. The zero-order valence-corrected chi connectivity index (χ0v) is 12.7. The van der Waals surface area contributed by atoms with Crippen molar-refractivity contribution in [2.45, 2.75) is 6.18 Å². The molecule has 0 aliphatic carbocycles. The minimum atomic E-state index is -4.45. The van der Waals surface area contributed by atoms with Gasteiger partial charge in [-0.1, -0.05) is 72.8 Å². The molecule has 0 bridgehead atoms. The van der Waals surface area contributed by atoms with Crippen molar-refractivity contribution in [3.63, 3.8) is 0 Å². The number of rotatable bonds is 3. The van der Waals surface area contributed by atoms with Gasteiger partial charge in [-0.3, -0.25) is 0 Å². The van der Waals surface area contributed by atoms with Crippen LogP contribution in [0.5, 0.6) is 0 Å². The van der Waals surface area contributed by atoms with E-state index in [0.29, 0.717) is 5.71 Å². The lowest BCUT2D eigenvalue weighted by Gasteiger charge is -2.12. The maximum absolute atomic E-state index is 13.2. The SMILES string of the molecule is FC(F)(F)c1ccccc1N=C(c1ccccc1)c1ccccc1. The van der Waals surface area contributed by atoms with E-state index in [9.17, 15) is 13.2 Å². The van der Waals surface area contributed by atoms with Gasteiger partial charge in [0.15, 0.2) is 0 Å². The minimum absolute atomic E-state index is 0.0901. The number of para-hydroxylation sites is 1. The summed E-state index contributed by atoms with van der Waals surface area (Å²) in [6.45, 7) is 0. The summed E-state index contributed by atoms with van der Waals surface area (Å²) in [6.07, 6.45) is -4.45. The first-order chi connectivity index (χ1) is 11.6. The highest BCUT2D eigenvalue weighted by atomic mass is 19.4. The second-order valence-corrected chi connectivity index (χ2v) is 5.21. The van der Waals surface area contributed by atoms with Crippen LogP contribution in [-0.2, 0) is 6.18 Å². The molecule has 0 spiro atoms. The molecule has 24 heavy (non-hydrogen) atoms. The average molecular weight is 325 g/mol. The molecule has 0 saturated carbocycles. The molecule has 0 atom stereocenters. The van der Waals surface area contributed by atoms with Crippen LogP contribution >= 0.6 is 0 Å². The first-order valence-corrected chi connectivity index (χ1v) is 7.41. The fourth-order valence-corrected chi connectivity index (χ4v) is 2.42. The van der Waals surface area contributed by atoms with Gasteiger partial charge >= 0.3 is 6.18 Å². The van der Waals surface area contributed by atoms with Crippen LogP contribution in [0.3, 0.4) is 0 Å². The van der Waals surface area contributed by atoms with Crippen molar-refractivity contribution in [2.24, 2.45) is 4.99 Å². The maximum Gasteiger partial charge on any atom is 0.418 e. The van der Waals surface area contributed by atoms with Gasteiger partial charge in [-0.15, -0.1) is 0 Å². The van der Waals surface area contributed by atoms with E-state index in [1.165, 1.54) is 12.1 Å². The Balaban J connectivity index is 2.19. The van der Waals surface area contributed by atoms with Crippen molar-refractivity contribution in [1.29, 1.82) is 0 Å². The molecule has 4 heteroatoms. The first-order valence-electron chi connectivity index (χ1n) is 7.41. The van der Waals surface area contributed by atoms with Crippen LogP contribution in [0.4, 0.5) is 18.9 Å². The van der Waals surface area contributed by atoms with Gasteiger partial charge in [-0.2, -0.15) is 13.2 Å². The summed E-state index contributed by atoms with van der Waals surface area (Å²) < 4.78 is 39.7. The Bertz CT molecular complexity index is 796. The Kier molecular flexibility index (Phi) is 4.47. The van der Waals surface area contributed by atoms with Crippen LogP contribution < -0.4 is 0 Å². The highest BCUT2D eigenvalue weighted by Crippen LogP contribution is 2.36. The molecule has 3 aromatic rings. The third-order valence-electron chi connectivity index (χ3n) is 3.54. The zero-order chi connectivity index (χ0) is 17.0. The molecule has 3 rings (SSSR count). The van der Waals surface area contributed by atoms with Crippen LogP contribution in [0.25, 0.3) is 0 Å². The van der Waals surface area contributed by atoms with Crippen LogP contribution in [0.1, 0.15) is 16.7 Å². The van der Waals surface area contributed by atoms with Gasteiger partial charge in [0.25, 0.3) is 0 Å². The summed E-state index contributed by atoms with van der Waals surface area (Å²) >= 11 is 0. The molecule has 0 radical (unpaired) electrons. The standard InChI is InChI=1S/C20H14F3N/c21-20(22,23)17-13-7-8-14-18(17)24-19(15-9-3-1-4-10-15)16-11-5-2-6-12-16/h1-14H. The Hall–Kier alpha value is -2.88. The van der Waals surface area contributed by atoms with Gasteiger partial charge in [0.2, 0.25) is 0 Å². The van der Waals surface area contributed by atoms with E-state index in [1.807, 2.05) is 60.7 Å². The lowest BCUT2D eigenvalue weighted by Crippen LogP contribution is -2.07. The molecule has 0 aliphatic rings. The highest BCUT2D eigenvalue weighted by molar-refractivity contribution is 6.14. The van der Waals surface area contributed by atoms with Gasteiger partial charge in [0.1, 0.15) is 0 Å². The Morgan fingerprint density at radius 1 is 0.625 bits per heavy atom. The van der Waals surface area contributed by atoms with Gasteiger partial charge in [0, 0.05) is 11.1 Å². The predicted octanol–water partition coefficient (Wildman–Crippen LogP) is 5.87. The van der Waals surface area contributed by atoms with E-state index in [1.54, 1.807) is 6.07 Å². The van der Waals surface area contributed by atoms with E-state index >= 15 is 0 Å². The number of alkyl halides is 3. The molecule has 0 N–H and O–H groups in total. The number of halogens is 3. The molecule has 0 aromatic heterocycles. The fourth-order valence-electron chi connectivity index (χ4n) is 2.42. The molecule has 0 fully saturated rings. The van der Waals surface area contributed by atoms with E-state index in [-0.39, 0.29) is 5.69 Å². The summed E-state index contributed by atoms with van der Waals surface area (Å²) in [6, 6.07) is 23.8. The second kappa shape index (κ2) is 6.71. The summed E-state index contributed by atoms with van der Waals surface area (Å²) in [5.74, 6) is 0. The van der Waals surface area contributed by atoms with Gasteiger partial charge in [-0.25, -0.2) is 4.99 Å². The largest absolute Gasteiger partial charge is 0.418 e. The number of aliphatic imine (C=N–C) groups is 1. The molecule has 0 amide bonds. The van der Waals surface area contributed by atoms with Gasteiger partial charge < -0.3 is 0 Å². The molecular formula is C20H14F3N. The van der Waals surface area contributed by atoms with E-state index < -0.39 is 11.7 Å². The Morgan fingerprint density at radius 3 is 1.58 bits per heavy atom. The third-order valence-corrected chi connectivity index (χ3v) is 3.54. The second-order valence-electron chi connectivity index (χ2n) is 5.21. The van der Waals surface area contributed by atoms with Crippen LogP contribution in [0.15, 0.2) is 89.9 Å². The maximum atomic E-state index is 13.2. The van der Waals surface area contributed by atoms with E-state index in [0.717, 1.165) is 17.2 Å². The van der Waals surface area contributed by atoms with E-state index in [4.69, 9.17) is 0 Å². The molecule has 0 aliphatic heterocycles. The Morgan fingerprint density at radius 2 is 1.08 bits per heavy atom. The van der Waals surface area contributed by atoms with Gasteiger partial charge in [-0.05, 0) is 12.1 Å². The van der Waals surface area contributed by atoms with Crippen molar-refractivity contribution in [1.82, 2.24) is 0 Å². The Labute approximate surface area is 138 Å². The molecule has 1 nitrogen and oxygen atoms in total. The summed E-state index contributed by atoms with van der Waals surface area (Å²) in [5.41, 5.74) is 1.20. The van der Waals surface area contributed by atoms with Crippen molar-refractivity contribution in [3.8, 4) is 0 Å². The minimum Gasteiger partial charge on any atom is -0.247 e. The van der Waals surface area contributed by atoms with Crippen LogP contribution in [0, 0.1) is 0 Å². The number of nitrogens with zero attached hydrogens (tertiary/aromatic N) is 1. The van der Waals surface area contributed by atoms with Crippen LogP contribution in [-0.4, -0.2) is 5.71 Å². The van der Waals surface area contributed by atoms with Crippen molar-refractivity contribution >= 4 is 11.4 Å². The molecular weight excluding hydrogens is 311 g/mol. The number of hydrogen-bond donors (Lipinski definition) is 0. The average Bonchev–Trinajstić information content (AvgIpc) is 2.61. The van der Waals surface area contributed by atoms with E-state index in [2.05, 4.69) is 4.99 Å². The normalized spacial score (nSPS) is 11.1. The monoisotopic (exact) mass is 325 g/mol. The summed E-state index contributed by atoms with van der Waals surface area (Å²) in [4.78, 5) is 4.36. The van der Waals surface area contributed by atoms with Crippen molar-refractivity contribution in [2.75, 3.05) is 0 Å². The lowest BCUT2D eigenvalue weighted by molar-refractivity contribution is -0.137. The van der Waals surface area contributed by atoms with Gasteiger partial charge in [0.05, 0.1) is 17.0 Å². The quantitative estimate of drug-likeness (QED) is 0.534. The summed E-state index contributed by atoms with van der Waals surface area (Å²) in [5, 5.41) is 0. The third kappa shape index (κ3) is 3.54. The lowest BCUT2D eigenvalue weighted by atomic mass is 10.0. The highest BCUT2D eigenvalue weighted by Gasteiger charge is 2.33.